The molecule has 0 bridgehead atoms. The van der Waals surface area contributed by atoms with Gasteiger partial charge in [0.05, 0.1) is 24.9 Å². The van der Waals surface area contributed by atoms with Crippen molar-refractivity contribution in [2.24, 2.45) is 7.05 Å². The largest absolute Gasteiger partial charge is 0.378 e. The van der Waals surface area contributed by atoms with E-state index in [-0.39, 0.29) is 5.91 Å². The van der Waals surface area contributed by atoms with Crippen LogP contribution in [0.4, 0.5) is 5.69 Å². The van der Waals surface area contributed by atoms with E-state index in [2.05, 4.69) is 57.8 Å². The lowest BCUT2D eigenvalue weighted by Gasteiger charge is -2.28. The lowest BCUT2D eigenvalue weighted by molar-refractivity contribution is 0.0953. The van der Waals surface area contributed by atoms with E-state index < -0.39 is 0 Å². The number of hydrogen-bond acceptors (Lipinski definition) is 4. The summed E-state index contributed by atoms with van der Waals surface area (Å²) in [6.45, 7) is 3.96. The van der Waals surface area contributed by atoms with Crippen LogP contribution in [-0.4, -0.2) is 48.5 Å². The van der Waals surface area contributed by atoms with Gasteiger partial charge in [0, 0.05) is 43.3 Å². The van der Waals surface area contributed by atoms with Crippen molar-refractivity contribution >= 4 is 22.5 Å². The number of carbonyl (C=O) groups is 1. The Balaban J connectivity index is 1.10. The molecule has 0 aliphatic carbocycles. The van der Waals surface area contributed by atoms with Gasteiger partial charge in [0.1, 0.15) is 0 Å². The number of rotatable bonds is 7. The number of aryl methyl sites for hydroxylation is 2. The number of amides is 1. The normalized spacial score (nSPS) is 13.9. The quantitative estimate of drug-likeness (QED) is 0.420. The van der Waals surface area contributed by atoms with Crippen molar-refractivity contribution < 1.29 is 9.53 Å². The molecule has 34 heavy (non-hydrogen) atoms. The summed E-state index contributed by atoms with van der Waals surface area (Å²) in [6, 6.07) is 23.0. The lowest BCUT2D eigenvalue weighted by Crippen LogP contribution is -2.36. The minimum Gasteiger partial charge on any atom is -0.378 e. The Bertz CT molecular complexity index is 1260. The zero-order chi connectivity index (χ0) is 23.3. The van der Waals surface area contributed by atoms with E-state index in [1.807, 2.05) is 42.2 Å². The molecule has 0 unspecified atom stereocenters. The SMILES string of the molecule is Cn1ncc2cc(-c3ccc(CCCNC(=O)c4ccc(N5CCOCC5)cc4)cc3)ccc21. The molecule has 4 aromatic rings. The van der Waals surface area contributed by atoms with Crippen molar-refractivity contribution in [3.05, 3.63) is 84.1 Å². The van der Waals surface area contributed by atoms with Crippen LogP contribution in [0, 0.1) is 0 Å². The number of ether oxygens (including phenoxy) is 1. The molecule has 1 aromatic heterocycles. The third-order valence-corrected chi connectivity index (χ3v) is 6.47. The number of fused-ring (bicyclic) bond motifs is 1. The Hall–Kier alpha value is -3.64. The molecule has 1 N–H and O–H groups in total. The number of morpholine rings is 1. The minimum atomic E-state index is -0.0188. The second kappa shape index (κ2) is 10.1. The van der Waals surface area contributed by atoms with Crippen molar-refractivity contribution in [1.29, 1.82) is 0 Å². The van der Waals surface area contributed by atoms with Crippen LogP contribution in [0.5, 0.6) is 0 Å². The molecule has 0 saturated carbocycles. The third kappa shape index (κ3) is 4.97. The molecular weight excluding hydrogens is 424 g/mol. The van der Waals surface area contributed by atoms with Gasteiger partial charge in [-0.2, -0.15) is 5.10 Å². The van der Waals surface area contributed by atoms with Crippen LogP contribution < -0.4 is 10.2 Å². The second-order valence-corrected chi connectivity index (χ2v) is 8.74. The smallest absolute Gasteiger partial charge is 0.251 e. The molecule has 6 nitrogen and oxygen atoms in total. The minimum absolute atomic E-state index is 0.0188. The van der Waals surface area contributed by atoms with Crippen LogP contribution in [0.3, 0.4) is 0 Å². The Morgan fingerprint density at radius 3 is 2.47 bits per heavy atom. The average molecular weight is 455 g/mol. The molecule has 1 aliphatic heterocycles. The molecule has 1 amide bonds. The van der Waals surface area contributed by atoms with Gasteiger partial charge in [-0.1, -0.05) is 30.3 Å². The summed E-state index contributed by atoms with van der Waals surface area (Å²) in [5.41, 5.74) is 6.64. The summed E-state index contributed by atoms with van der Waals surface area (Å²) in [5.74, 6) is -0.0188. The van der Waals surface area contributed by atoms with Crippen molar-refractivity contribution in [3.8, 4) is 11.1 Å². The Labute approximate surface area is 200 Å². The molecule has 1 aliphatic rings. The number of hydrogen-bond donors (Lipinski definition) is 1. The summed E-state index contributed by atoms with van der Waals surface area (Å²) in [6.07, 6.45) is 3.73. The van der Waals surface area contributed by atoms with Gasteiger partial charge in [0.2, 0.25) is 0 Å². The average Bonchev–Trinajstić information content (AvgIpc) is 3.27. The first kappa shape index (κ1) is 22.2. The highest BCUT2D eigenvalue weighted by Gasteiger charge is 2.12. The van der Waals surface area contributed by atoms with Crippen LogP contribution in [0.1, 0.15) is 22.3 Å². The van der Waals surface area contributed by atoms with E-state index >= 15 is 0 Å². The molecule has 1 fully saturated rings. The fraction of sp³-hybridized carbons (Fsp3) is 0.286. The van der Waals surface area contributed by atoms with Gasteiger partial charge in [0.25, 0.3) is 5.91 Å². The molecule has 0 spiro atoms. The standard InChI is InChI=1S/C28H30N4O2/c1-31-27-13-10-24(19-25(27)20-30-31)22-6-4-21(5-7-22)3-2-14-29-28(33)23-8-11-26(12-9-23)32-15-17-34-18-16-32/h4-13,19-20H,2-3,14-18H2,1H3,(H,29,33). The van der Waals surface area contributed by atoms with Crippen molar-refractivity contribution in [2.75, 3.05) is 37.7 Å². The molecule has 174 valence electrons. The number of nitrogens with zero attached hydrogens (tertiary/aromatic N) is 3. The highest BCUT2D eigenvalue weighted by Crippen LogP contribution is 2.25. The number of carbonyl (C=O) groups excluding carboxylic acids is 1. The molecule has 2 heterocycles. The number of aromatic nitrogens is 2. The summed E-state index contributed by atoms with van der Waals surface area (Å²) in [5, 5.41) is 8.51. The van der Waals surface area contributed by atoms with E-state index in [0.29, 0.717) is 12.1 Å². The van der Waals surface area contributed by atoms with Gasteiger partial charge < -0.3 is 15.0 Å². The summed E-state index contributed by atoms with van der Waals surface area (Å²) >= 11 is 0. The number of benzene rings is 3. The van der Waals surface area contributed by atoms with E-state index in [9.17, 15) is 4.79 Å². The fourth-order valence-corrected chi connectivity index (χ4v) is 4.45. The molecule has 6 heteroatoms. The molecule has 1 saturated heterocycles. The Morgan fingerprint density at radius 1 is 0.971 bits per heavy atom. The summed E-state index contributed by atoms with van der Waals surface area (Å²) in [7, 11) is 1.96. The highest BCUT2D eigenvalue weighted by atomic mass is 16.5. The van der Waals surface area contributed by atoms with Gasteiger partial charge in [-0.3, -0.25) is 9.48 Å². The number of nitrogens with one attached hydrogen (secondary N) is 1. The maximum Gasteiger partial charge on any atom is 0.251 e. The van der Waals surface area contributed by atoms with Crippen molar-refractivity contribution in [1.82, 2.24) is 15.1 Å². The van der Waals surface area contributed by atoms with E-state index in [0.717, 1.165) is 55.7 Å². The topological polar surface area (TPSA) is 59.4 Å². The highest BCUT2D eigenvalue weighted by molar-refractivity contribution is 5.94. The third-order valence-electron chi connectivity index (χ3n) is 6.47. The molecule has 0 atom stereocenters. The number of anilines is 1. The van der Waals surface area contributed by atoms with Crippen LogP contribution in [0.25, 0.3) is 22.0 Å². The van der Waals surface area contributed by atoms with Crippen LogP contribution in [-0.2, 0) is 18.2 Å². The van der Waals surface area contributed by atoms with Crippen LogP contribution in [0.15, 0.2) is 72.9 Å². The monoisotopic (exact) mass is 454 g/mol. The molecule has 3 aromatic carbocycles. The zero-order valence-electron chi connectivity index (χ0n) is 19.5. The van der Waals surface area contributed by atoms with Crippen molar-refractivity contribution in [2.45, 2.75) is 12.8 Å². The summed E-state index contributed by atoms with van der Waals surface area (Å²) in [4.78, 5) is 14.8. The zero-order valence-corrected chi connectivity index (χ0v) is 19.5. The molecular formula is C28H30N4O2. The first-order valence-electron chi connectivity index (χ1n) is 11.9. The van der Waals surface area contributed by atoms with E-state index in [1.54, 1.807) is 0 Å². The predicted molar refractivity (Wildman–Crippen MR) is 136 cm³/mol. The maximum absolute atomic E-state index is 12.5. The van der Waals surface area contributed by atoms with E-state index in [4.69, 9.17) is 4.74 Å². The van der Waals surface area contributed by atoms with Crippen molar-refractivity contribution in [3.63, 3.8) is 0 Å². The van der Waals surface area contributed by atoms with Gasteiger partial charge in [-0.15, -0.1) is 0 Å². The van der Waals surface area contributed by atoms with Gasteiger partial charge in [0.15, 0.2) is 0 Å². The lowest BCUT2D eigenvalue weighted by atomic mass is 10.0. The summed E-state index contributed by atoms with van der Waals surface area (Å²) < 4.78 is 7.29. The van der Waals surface area contributed by atoms with Crippen LogP contribution in [0.2, 0.25) is 0 Å². The fourth-order valence-electron chi connectivity index (χ4n) is 4.45. The maximum atomic E-state index is 12.5. The Kier molecular flexibility index (Phi) is 6.58. The van der Waals surface area contributed by atoms with Gasteiger partial charge >= 0.3 is 0 Å². The first-order chi connectivity index (χ1) is 16.7. The predicted octanol–water partition coefficient (Wildman–Crippen LogP) is 4.44. The van der Waals surface area contributed by atoms with Crippen LogP contribution >= 0.6 is 0 Å². The Morgan fingerprint density at radius 2 is 1.71 bits per heavy atom. The molecule has 5 rings (SSSR count). The molecule has 0 radical (unpaired) electrons. The van der Waals surface area contributed by atoms with Gasteiger partial charge in [-0.25, -0.2) is 0 Å². The first-order valence-corrected chi connectivity index (χ1v) is 11.9. The second-order valence-electron chi connectivity index (χ2n) is 8.74. The van der Waals surface area contributed by atoms with E-state index in [1.165, 1.54) is 16.7 Å². The van der Waals surface area contributed by atoms with Gasteiger partial charge in [-0.05, 0) is 65.9 Å².